The highest BCUT2D eigenvalue weighted by Gasteiger charge is 2.05. The average Bonchev–Trinajstić information content (AvgIpc) is 2.80. The zero-order chi connectivity index (χ0) is 14.5. The number of anilines is 2. The fraction of sp³-hybridized carbons (Fsp3) is 0.231. The van der Waals surface area contributed by atoms with Crippen molar-refractivity contribution in [1.29, 1.82) is 0 Å². The molecule has 0 radical (unpaired) electrons. The minimum Gasteiger partial charge on any atom is -0.397 e. The summed E-state index contributed by atoms with van der Waals surface area (Å²) in [7, 11) is 0. The van der Waals surface area contributed by atoms with Gasteiger partial charge in [0.15, 0.2) is 0 Å². The Morgan fingerprint density at radius 3 is 2.90 bits per heavy atom. The number of aromatic nitrogens is 1. The maximum Gasteiger partial charge on any atom is 0.307 e. The molecular formula is C13H14ClN3O2S. The summed E-state index contributed by atoms with van der Waals surface area (Å²) in [4.78, 5) is 23.1. The van der Waals surface area contributed by atoms with Gasteiger partial charge in [-0.25, -0.2) is 0 Å². The Balaban J connectivity index is 1.82. The Morgan fingerprint density at radius 2 is 2.25 bits per heavy atom. The Hall–Kier alpha value is -1.79. The average molecular weight is 312 g/mol. The number of halogens is 1. The quantitative estimate of drug-likeness (QED) is 0.833. The number of nitrogens with two attached hydrogens (primary N) is 1. The Morgan fingerprint density at radius 1 is 1.45 bits per heavy atom. The number of nitrogens with one attached hydrogen (secondary N) is 1. The summed E-state index contributed by atoms with van der Waals surface area (Å²) in [5, 5.41) is 4.94. The topological polar surface area (TPSA) is 77.1 Å². The molecule has 0 unspecified atom stereocenters. The van der Waals surface area contributed by atoms with Crippen LogP contribution in [-0.2, 0) is 11.3 Å². The molecule has 0 atom stereocenters. The molecule has 2 rings (SSSR count). The first-order valence-electron chi connectivity index (χ1n) is 6.05. The summed E-state index contributed by atoms with van der Waals surface area (Å²) in [6, 6.07) is 4.95. The first-order chi connectivity index (χ1) is 9.56. The molecule has 0 bridgehead atoms. The van der Waals surface area contributed by atoms with Crippen molar-refractivity contribution in [2.24, 2.45) is 0 Å². The molecule has 3 N–H and O–H groups in total. The van der Waals surface area contributed by atoms with Crippen molar-refractivity contribution in [2.45, 2.75) is 19.4 Å². The van der Waals surface area contributed by atoms with Gasteiger partial charge in [-0.05, 0) is 24.6 Å². The van der Waals surface area contributed by atoms with Crippen LogP contribution in [0.2, 0.25) is 5.02 Å². The van der Waals surface area contributed by atoms with E-state index in [0.29, 0.717) is 35.8 Å². The molecular weight excluding hydrogens is 298 g/mol. The number of carbonyl (C=O) groups excluding carboxylic acids is 1. The van der Waals surface area contributed by atoms with Gasteiger partial charge in [0.05, 0.1) is 10.7 Å². The third kappa shape index (κ3) is 3.85. The van der Waals surface area contributed by atoms with E-state index in [2.05, 4.69) is 5.32 Å². The first kappa shape index (κ1) is 14.6. The highest BCUT2D eigenvalue weighted by atomic mass is 35.5. The number of carbonyl (C=O) groups is 1. The molecule has 1 aromatic heterocycles. The fourth-order valence-corrected chi connectivity index (χ4v) is 2.44. The second-order valence-corrected chi connectivity index (χ2v) is 5.51. The molecule has 1 amide bonds. The number of thiazole rings is 1. The van der Waals surface area contributed by atoms with Crippen LogP contribution in [0, 0.1) is 0 Å². The molecule has 5 nitrogen and oxygen atoms in total. The number of nitrogens with zero attached hydrogens (tertiary/aromatic N) is 1. The zero-order valence-corrected chi connectivity index (χ0v) is 12.2. The molecule has 0 aliphatic carbocycles. The van der Waals surface area contributed by atoms with Crippen molar-refractivity contribution < 1.29 is 4.79 Å². The summed E-state index contributed by atoms with van der Waals surface area (Å²) in [5.41, 5.74) is 6.70. The number of hydrogen-bond acceptors (Lipinski definition) is 4. The van der Waals surface area contributed by atoms with Crippen molar-refractivity contribution in [3.8, 4) is 0 Å². The van der Waals surface area contributed by atoms with Gasteiger partial charge in [-0.1, -0.05) is 22.9 Å². The summed E-state index contributed by atoms with van der Waals surface area (Å²) in [6.07, 6.45) is 2.67. The number of benzene rings is 1. The van der Waals surface area contributed by atoms with Gasteiger partial charge in [-0.15, -0.1) is 0 Å². The Kier molecular flexibility index (Phi) is 4.81. The second kappa shape index (κ2) is 6.58. The molecule has 106 valence electrons. The van der Waals surface area contributed by atoms with Crippen LogP contribution in [-0.4, -0.2) is 10.5 Å². The fourth-order valence-electron chi connectivity index (χ4n) is 1.71. The van der Waals surface area contributed by atoms with Crippen LogP contribution in [0.3, 0.4) is 0 Å². The molecule has 7 heteroatoms. The highest BCUT2D eigenvalue weighted by Crippen LogP contribution is 2.22. The number of nitrogen functional groups attached to an aromatic ring is 1. The second-order valence-electron chi connectivity index (χ2n) is 4.25. The molecule has 0 saturated heterocycles. The van der Waals surface area contributed by atoms with Crippen LogP contribution in [0.1, 0.15) is 12.8 Å². The van der Waals surface area contributed by atoms with Gasteiger partial charge in [0.2, 0.25) is 5.91 Å². The third-order valence-corrected chi connectivity index (χ3v) is 3.76. The summed E-state index contributed by atoms with van der Waals surface area (Å²) < 4.78 is 1.60. The molecule has 0 saturated carbocycles. The molecule has 0 aliphatic heterocycles. The van der Waals surface area contributed by atoms with E-state index in [-0.39, 0.29) is 10.8 Å². The predicted octanol–water partition coefficient (Wildman–Crippen LogP) is 2.56. The maximum atomic E-state index is 11.8. The number of aryl methyl sites for hydroxylation is 1. The van der Waals surface area contributed by atoms with Crippen LogP contribution < -0.4 is 15.9 Å². The molecule has 0 aliphatic rings. The monoisotopic (exact) mass is 311 g/mol. The van der Waals surface area contributed by atoms with Crippen LogP contribution in [0.25, 0.3) is 0 Å². The van der Waals surface area contributed by atoms with Crippen LogP contribution >= 0.6 is 22.9 Å². The van der Waals surface area contributed by atoms with E-state index >= 15 is 0 Å². The Bertz CT molecular complexity index is 666. The predicted molar refractivity (Wildman–Crippen MR) is 82.3 cm³/mol. The molecule has 1 heterocycles. The standard InChI is InChI=1S/C13H14ClN3O2S/c14-10-4-3-9(8-11(10)15)16-12(18)2-1-5-17-6-7-20-13(17)19/h3-4,6-8H,1-2,5,15H2,(H,16,18). The molecule has 1 aromatic carbocycles. The lowest BCUT2D eigenvalue weighted by Crippen LogP contribution is -2.15. The number of hydrogen-bond donors (Lipinski definition) is 2. The lowest BCUT2D eigenvalue weighted by Gasteiger charge is -2.07. The molecule has 0 fully saturated rings. The maximum absolute atomic E-state index is 11.8. The van der Waals surface area contributed by atoms with Gasteiger partial charge in [0.1, 0.15) is 0 Å². The summed E-state index contributed by atoms with van der Waals surface area (Å²) in [5.74, 6) is -0.116. The van der Waals surface area contributed by atoms with Crippen molar-refractivity contribution in [3.05, 3.63) is 44.5 Å². The van der Waals surface area contributed by atoms with E-state index in [4.69, 9.17) is 17.3 Å². The normalized spacial score (nSPS) is 10.4. The number of rotatable bonds is 5. The van der Waals surface area contributed by atoms with E-state index < -0.39 is 0 Å². The van der Waals surface area contributed by atoms with E-state index in [0.717, 1.165) is 11.3 Å². The van der Waals surface area contributed by atoms with E-state index in [9.17, 15) is 9.59 Å². The van der Waals surface area contributed by atoms with E-state index in [1.54, 1.807) is 34.3 Å². The van der Waals surface area contributed by atoms with E-state index in [1.165, 1.54) is 0 Å². The lowest BCUT2D eigenvalue weighted by atomic mass is 10.2. The van der Waals surface area contributed by atoms with Crippen molar-refractivity contribution in [1.82, 2.24) is 4.57 Å². The number of amides is 1. The van der Waals surface area contributed by atoms with Gasteiger partial charge < -0.3 is 15.6 Å². The van der Waals surface area contributed by atoms with Crippen molar-refractivity contribution in [2.75, 3.05) is 11.1 Å². The minimum absolute atomic E-state index is 0.00381. The molecule has 0 spiro atoms. The van der Waals surface area contributed by atoms with Gasteiger partial charge in [0, 0.05) is 30.2 Å². The molecule has 2 aromatic rings. The van der Waals surface area contributed by atoms with Crippen LogP contribution in [0.5, 0.6) is 0 Å². The van der Waals surface area contributed by atoms with Gasteiger partial charge in [-0.2, -0.15) is 0 Å². The Labute approximate surface area is 125 Å². The smallest absolute Gasteiger partial charge is 0.307 e. The minimum atomic E-state index is -0.116. The summed E-state index contributed by atoms with van der Waals surface area (Å²) in [6.45, 7) is 0.540. The van der Waals surface area contributed by atoms with E-state index in [1.807, 2.05) is 0 Å². The van der Waals surface area contributed by atoms with Gasteiger partial charge >= 0.3 is 4.87 Å². The van der Waals surface area contributed by atoms with Crippen LogP contribution in [0.4, 0.5) is 11.4 Å². The van der Waals surface area contributed by atoms with Gasteiger partial charge in [0.25, 0.3) is 0 Å². The summed E-state index contributed by atoms with van der Waals surface area (Å²) >= 11 is 6.95. The van der Waals surface area contributed by atoms with Crippen molar-refractivity contribution in [3.63, 3.8) is 0 Å². The van der Waals surface area contributed by atoms with Gasteiger partial charge in [-0.3, -0.25) is 9.59 Å². The van der Waals surface area contributed by atoms with Crippen LogP contribution in [0.15, 0.2) is 34.6 Å². The lowest BCUT2D eigenvalue weighted by molar-refractivity contribution is -0.116. The largest absolute Gasteiger partial charge is 0.397 e. The zero-order valence-electron chi connectivity index (χ0n) is 10.6. The molecule has 20 heavy (non-hydrogen) atoms. The first-order valence-corrected chi connectivity index (χ1v) is 7.31. The third-order valence-electron chi connectivity index (χ3n) is 2.73. The van der Waals surface area contributed by atoms with Crippen molar-refractivity contribution >= 4 is 40.2 Å². The highest BCUT2D eigenvalue weighted by molar-refractivity contribution is 7.07. The SMILES string of the molecule is Nc1cc(NC(=O)CCCn2ccsc2=O)ccc1Cl.